The highest BCUT2D eigenvalue weighted by molar-refractivity contribution is 5.69. The Balaban J connectivity index is 2.00. The Hall–Kier alpha value is -2.89. The predicted molar refractivity (Wildman–Crippen MR) is 71.3 cm³/mol. The fourth-order valence-corrected chi connectivity index (χ4v) is 1.77. The van der Waals surface area contributed by atoms with Crippen molar-refractivity contribution >= 4 is 11.1 Å². The Morgan fingerprint density at radius 3 is 2.70 bits per heavy atom. The van der Waals surface area contributed by atoms with Crippen molar-refractivity contribution in [1.29, 1.82) is 0 Å². The molecule has 0 unspecified atom stereocenters. The molecule has 0 aliphatic rings. The van der Waals surface area contributed by atoms with Crippen molar-refractivity contribution in [1.82, 2.24) is 9.71 Å². The van der Waals surface area contributed by atoms with Crippen molar-refractivity contribution in [2.75, 3.05) is 0 Å². The van der Waals surface area contributed by atoms with E-state index in [9.17, 15) is 9.59 Å². The molecular formula is C14H10N2O4. The molecule has 0 N–H and O–H groups in total. The van der Waals surface area contributed by atoms with Crippen molar-refractivity contribution in [3.8, 4) is 0 Å². The third kappa shape index (κ3) is 2.18. The maximum atomic E-state index is 12.1. The molecule has 0 spiro atoms. The van der Waals surface area contributed by atoms with Crippen LogP contribution in [-0.2, 0) is 6.61 Å². The molecular weight excluding hydrogens is 260 g/mol. The van der Waals surface area contributed by atoms with Crippen molar-refractivity contribution in [3.63, 3.8) is 0 Å². The molecule has 6 nitrogen and oxygen atoms in total. The highest BCUT2D eigenvalue weighted by Gasteiger charge is 2.11. The fraction of sp³-hybridized carbons (Fsp3) is 0.0714. The molecule has 0 radical (unpaired) electrons. The molecule has 2 heterocycles. The molecule has 0 aliphatic heterocycles. The summed E-state index contributed by atoms with van der Waals surface area (Å²) in [5.41, 5.74) is 0.398. The molecule has 0 saturated heterocycles. The van der Waals surface area contributed by atoms with E-state index < -0.39 is 11.3 Å². The summed E-state index contributed by atoms with van der Waals surface area (Å²) in [6, 6.07) is 12.3. The Morgan fingerprint density at radius 2 is 1.90 bits per heavy atom. The van der Waals surface area contributed by atoms with Crippen LogP contribution in [0.5, 0.6) is 0 Å². The van der Waals surface area contributed by atoms with E-state index in [1.165, 1.54) is 12.3 Å². The van der Waals surface area contributed by atoms with Crippen LogP contribution in [-0.4, -0.2) is 9.71 Å². The van der Waals surface area contributed by atoms with E-state index in [1.807, 2.05) is 30.3 Å². The van der Waals surface area contributed by atoms with E-state index in [0.717, 1.165) is 5.56 Å². The monoisotopic (exact) mass is 270 g/mol. The van der Waals surface area contributed by atoms with E-state index in [-0.39, 0.29) is 17.7 Å². The van der Waals surface area contributed by atoms with Crippen molar-refractivity contribution in [3.05, 3.63) is 75.1 Å². The number of pyridine rings is 1. The summed E-state index contributed by atoms with van der Waals surface area (Å²) in [7, 11) is 0. The van der Waals surface area contributed by atoms with Gasteiger partial charge in [0, 0.05) is 6.20 Å². The van der Waals surface area contributed by atoms with Crippen LogP contribution in [0.3, 0.4) is 0 Å². The molecule has 100 valence electrons. The van der Waals surface area contributed by atoms with Gasteiger partial charge in [-0.15, -0.1) is 0 Å². The van der Waals surface area contributed by atoms with Gasteiger partial charge in [0.2, 0.25) is 0 Å². The van der Waals surface area contributed by atoms with Gasteiger partial charge >= 0.3 is 11.3 Å². The Morgan fingerprint density at radius 1 is 1.10 bits per heavy atom. The van der Waals surface area contributed by atoms with Crippen LogP contribution in [0.25, 0.3) is 11.1 Å². The molecule has 0 fully saturated rings. The average Bonchev–Trinajstić information content (AvgIpc) is 2.48. The molecule has 0 atom stereocenters. The lowest BCUT2D eigenvalue weighted by atomic mass is 10.2. The average molecular weight is 270 g/mol. The van der Waals surface area contributed by atoms with Gasteiger partial charge in [-0.2, -0.15) is 0 Å². The molecule has 0 bridgehead atoms. The zero-order chi connectivity index (χ0) is 13.9. The number of nitrogens with zero attached hydrogens (tertiary/aromatic N) is 2. The zero-order valence-electron chi connectivity index (χ0n) is 10.4. The fourth-order valence-electron chi connectivity index (χ4n) is 1.77. The highest BCUT2D eigenvalue weighted by atomic mass is 16.7. The van der Waals surface area contributed by atoms with Gasteiger partial charge in [-0.25, -0.2) is 9.78 Å². The number of fused-ring (bicyclic) bond motifs is 1. The topological polar surface area (TPSA) is 74.3 Å². The molecule has 0 amide bonds. The van der Waals surface area contributed by atoms with Crippen molar-refractivity contribution in [2.24, 2.45) is 0 Å². The van der Waals surface area contributed by atoms with Crippen LogP contribution in [0.4, 0.5) is 0 Å². The quantitative estimate of drug-likeness (QED) is 0.709. The number of hydrogen-bond acceptors (Lipinski definition) is 5. The SMILES string of the molecule is O=c1oc2cccnc2c(=O)n1OCc1ccccc1. The van der Waals surface area contributed by atoms with Crippen LogP contribution in [0, 0.1) is 0 Å². The highest BCUT2D eigenvalue weighted by Crippen LogP contribution is 2.02. The first kappa shape index (κ1) is 12.2. The van der Waals surface area contributed by atoms with Gasteiger partial charge in [-0.3, -0.25) is 4.79 Å². The van der Waals surface area contributed by atoms with Gasteiger partial charge in [0.15, 0.2) is 11.1 Å². The maximum Gasteiger partial charge on any atom is 0.456 e. The molecule has 3 aromatic rings. The normalized spacial score (nSPS) is 10.6. The van der Waals surface area contributed by atoms with Crippen LogP contribution in [0.2, 0.25) is 0 Å². The summed E-state index contributed by atoms with van der Waals surface area (Å²) in [5.74, 6) is -0.869. The van der Waals surface area contributed by atoms with Gasteiger partial charge < -0.3 is 9.25 Å². The number of hydrogen-bond donors (Lipinski definition) is 0. The van der Waals surface area contributed by atoms with E-state index in [1.54, 1.807) is 6.07 Å². The van der Waals surface area contributed by atoms with E-state index >= 15 is 0 Å². The minimum absolute atomic E-state index is 0.0557. The Labute approximate surface area is 112 Å². The number of aromatic nitrogens is 2. The van der Waals surface area contributed by atoms with E-state index in [4.69, 9.17) is 9.25 Å². The van der Waals surface area contributed by atoms with Gasteiger partial charge in [-0.1, -0.05) is 35.1 Å². The smallest absolute Gasteiger partial charge is 0.405 e. The molecule has 0 aliphatic carbocycles. The zero-order valence-corrected chi connectivity index (χ0v) is 10.4. The summed E-state index contributed by atoms with van der Waals surface area (Å²) < 4.78 is 5.57. The van der Waals surface area contributed by atoms with Gasteiger partial charge in [-0.05, 0) is 17.7 Å². The predicted octanol–water partition coefficient (Wildman–Crippen LogP) is 0.978. The molecule has 0 saturated carbocycles. The van der Waals surface area contributed by atoms with Gasteiger partial charge in [0.25, 0.3) is 0 Å². The molecule has 2 aromatic heterocycles. The lowest BCUT2D eigenvalue weighted by Crippen LogP contribution is -2.37. The van der Waals surface area contributed by atoms with Crippen molar-refractivity contribution in [2.45, 2.75) is 6.61 Å². The molecule has 1 aromatic carbocycles. The molecule has 3 rings (SSSR count). The third-order valence-corrected chi connectivity index (χ3v) is 2.72. The van der Waals surface area contributed by atoms with Gasteiger partial charge in [0.1, 0.15) is 6.61 Å². The summed E-state index contributed by atoms with van der Waals surface area (Å²) in [4.78, 5) is 32.9. The van der Waals surface area contributed by atoms with E-state index in [2.05, 4.69) is 4.98 Å². The lowest BCUT2D eigenvalue weighted by molar-refractivity contribution is 0.0666. The Bertz CT molecular complexity index is 852. The first-order valence-corrected chi connectivity index (χ1v) is 5.94. The van der Waals surface area contributed by atoms with E-state index in [0.29, 0.717) is 4.73 Å². The summed E-state index contributed by atoms with van der Waals surface area (Å²) in [6.45, 7) is 0.0871. The van der Waals surface area contributed by atoms with Gasteiger partial charge in [0.05, 0.1) is 0 Å². The van der Waals surface area contributed by atoms with Crippen LogP contribution in [0.15, 0.2) is 62.7 Å². The van der Waals surface area contributed by atoms with Crippen LogP contribution >= 0.6 is 0 Å². The number of benzene rings is 1. The minimum Gasteiger partial charge on any atom is -0.405 e. The summed E-state index contributed by atoms with van der Waals surface area (Å²) >= 11 is 0. The lowest BCUT2D eigenvalue weighted by Gasteiger charge is -2.06. The second kappa shape index (κ2) is 5.00. The third-order valence-electron chi connectivity index (χ3n) is 2.72. The number of rotatable bonds is 3. The molecule has 20 heavy (non-hydrogen) atoms. The minimum atomic E-state index is -0.869. The maximum absolute atomic E-state index is 12.1. The second-order valence-corrected chi connectivity index (χ2v) is 4.08. The summed E-state index contributed by atoms with van der Waals surface area (Å²) in [6.07, 6.45) is 1.45. The Kier molecular flexibility index (Phi) is 3.04. The first-order chi connectivity index (χ1) is 9.75. The molecule has 6 heteroatoms. The van der Waals surface area contributed by atoms with Crippen LogP contribution in [0.1, 0.15) is 5.56 Å². The largest absolute Gasteiger partial charge is 0.456 e. The van der Waals surface area contributed by atoms with Crippen molar-refractivity contribution < 1.29 is 9.25 Å². The van der Waals surface area contributed by atoms with Crippen LogP contribution < -0.4 is 16.2 Å². The summed E-state index contributed by atoms with van der Waals surface area (Å²) in [5, 5.41) is 0. The second-order valence-electron chi connectivity index (χ2n) is 4.08. The standard InChI is InChI=1S/C14H10N2O4/c17-13-12-11(7-4-8-15-12)20-14(18)16(13)19-9-10-5-2-1-3-6-10/h1-8H,9H2. The first-order valence-electron chi connectivity index (χ1n) is 5.94.